The van der Waals surface area contributed by atoms with Crippen LogP contribution in [0, 0.1) is 18.8 Å². The molecule has 0 radical (unpaired) electrons. The second-order valence-corrected chi connectivity index (χ2v) is 4.34. The molecule has 1 aromatic heterocycles. The number of nitrogens with zero attached hydrogens (tertiary/aromatic N) is 2. The Morgan fingerprint density at radius 1 is 1.40 bits per heavy atom. The molecule has 0 fully saturated rings. The molecule has 1 amide bonds. The van der Waals surface area contributed by atoms with Crippen LogP contribution in [0.1, 0.15) is 21.6 Å². The van der Waals surface area contributed by atoms with Crippen LogP contribution < -0.4 is 11.1 Å². The van der Waals surface area contributed by atoms with Crippen LogP contribution in [0.3, 0.4) is 0 Å². The fourth-order valence-electron chi connectivity index (χ4n) is 1.77. The van der Waals surface area contributed by atoms with Crippen LogP contribution in [-0.2, 0) is 7.05 Å². The van der Waals surface area contributed by atoms with Crippen molar-refractivity contribution in [1.29, 1.82) is 0 Å². The molecule has 0 aliphatic carbocycles. The summed E-state index contributed by atoms with van der Waals surface area (Å²) >= 11 is 0. The minimum Gasteiger partial charge on any atom is -0.320 e. The maximum atomic E-state index is 12.1. The van der Waals surface area contributed by atoms with E-state index in [-0.39, 0.29) is 5.91 Å². The third-order valence-corrected chi connectivity index (χ3v) is 2.74. The maximum Gasteiger partial charge on any atom is 0.255 e. The third kappa shape index (κ3) is 3.25. The van der Waals surface area contributed by atoms with Gasteiger partial charge in [-0.05, 0) is 31.2 Å². The Morgan fingerprint density at radius 3 is 2.65 bits per heavy atom. The Kier molecular flexibility index (Phi) is 4.18. The molecule has 1 heterocycles. The Morgan fingerprint density at radius 2 is 2.10 bits per heavy atom. The number of nitrogens with two attached hydrogens (primary N) is 1. The highest BCUT2D eigenvalue weighted by Gasteiger charge is 2.09. The van der Waals surface area contributed by atoms with E-state index in [0.717, 1.165) is 11.3 Å². The van der Waals surface area contributed by atoms with Gasteiger partial charge in [-0.1, -0.05) is 11.8 Å². The number of aryl methyl sites for hydroxylation is 2. The molecule has 0 saturated heterocycles. The zero-order chi connectivity index (χ0) is 14.5. The minimum atomic E-state index is -0.167. The number of anilines is 1. The van der Waals surface area contributed by atoms with Crippen LogP contribution in [0.2, 0.25) is 0 Å². The van der Waals surface area contributed by atoms with Crippen LogP contribution in [0.15, 0.2) is 30.5 Å². The standard InChI is InChI=1S/C15H16N4O/c1-11-14(10-19(2)18-11)17-15(20)13-7-5-12(6-8-13)4-3-9-16/h5-8,10H,9,16H2,1-2H3,(H,17,20). The fourth-order valence-corrected chi connectivity index (χ4v) is 1.77. The molecular formula is C15H16N4O. The molecule has 0 saturated carbocycles. The monoisotopic (exact) mass is 268 g/mol. The van der Waals surface area contributed by atoms with Gasteiger partial charge in [-0.3, -0.25) is 9.48 Å². The maximum absolute atomic E-state index is 12.1. The van der Waals surface area contributed by atoms with Gasteiger partial charge in [-0.15, -0.1) is 0 Å². The molecule has 5 nitrogen and oxygen atoms in total. The molecule has 0 bridgehead atoms. The molecular weight excluding hydrogens is 252 g/mol. The first-order chi connectivity index (χ1) is 9.60. The molecule has 0 unspecified atom stereocenters. The van der Waals surface area contributed by atoms with E-state index in [2.05, 4.69) is 22.3 Å². The summed E-state index contributed by atoms with van der Waals surface area (Å²) in [6, 6.07) is 7.07. The molecule has 2 rings (SSSR count). The van der Waals surface area contributed by atoms with E-state index in [9.17, 15) is 4.79 Å². The third-order valence-electron chi connectivity index (χ3n) is 2.74. The predicted molar refractivity (Wildman–Crippen MR) is 78.3 cm³/mol. The van der Waals surface area contributed by atoms with Crippen molar-refractivity contribution in [3.05, 3.63) is 47.3 Å². The van der Waals surface area contributed by atoms with Gasteiger partial charge in [0.25, 0.3) is 5.91 Å². The van der Waals surface area contributed by atoms with Crippen LogP contribution >= 0.6 is 0 Å². The van der Waals surface area contributed by atoms with Gasteiger partial charge in [-0.2, -0.15) is 5.10 Å². The number of carbonyl (C=O) groups is 1. The summed E-state index contributed by atoms with van der Waals surface area (Å²) in [7, 11) is 1.81. The van der Waals surface area contributed by atoms with E-state index in [4.69, 9.17) is 5.73 Å². The zero-order valence-corrected chi connectivity index (χ0v) is 11.5. The number of aromatic nitrogens is 2. The predicted octanol–water partition coefficient (Wildman–Crippen LogP) is 1.29. The van der Waals surface area contributed by atoms with E-state index in [1.165, 1.54) is 0 Å². The van der Waals surface area contributed by atoms with Gasteiger partial charge in [0, 0.05) is 24.4 Å². The van der Waals surface area contributed by atoms with Gasteiger partial charge in [0.1, 0.15) is 0 Å². The van der Waals surface area contributed by atoms with Crippen molar-refractivity contribution >= 4 is 11.6 Å². The Hall–Kier alpha value is -2.58. The van der Waals surface area contributed by atoms with Gasteiger partial charge in [0.15, 0.2) is 0 Å². The SMILES string of the molecule is Cc1nn(C)cc1NC(=O)c1ccc(C#CCN)cc1. The van der Waals surface area contributed by atoms with Gasteiger partial charge in [0.05, 0.1) is 17.9 Å². The smallest absolute Gasteiger partial charge is 0.255 e. The Balaban J connectivity index is 2.11. The lowest BCUT2D eigenvalue weighted by molar-refractivity contribution is 0.102. The lowest BCUT2D eigenvalue weighted by Crippen LogP contribution is -2.12. The van der Waals surface area contributed by atoms with Crippen molar-refractivity contribution in [2.45, 2.75) is 6.92 Å². The molecule has 5 heteroatoms. The summed E-state index contributed by atoms with van der Waals surface area (Å²) in [5, 5.41) is 7.01. The highest BCUT2D eigenvalue weighted by atomic mass is 16.1. The second kappa shape index (κ2) is 6.04. The first-order valence-corrected chi connectivity index (χ1v) is 6.20. The first kappa shape index (κ1) is 13.8. The number of hydrogen-bond acceptors (Lipinski definition) is 3. The van der Waals surface area contributed by atoms with Crippen molar-refractivity contribution in [2.75, 3.05) is 11.9 Å². The number of rotatable bonds is 2. The molecule has 3 N–H and O–H groups in total. The number of carbonyl (C=O) groups excluding carboxylic acids is 1. The zero-order valence-electron chi connectivity index (χ0n) is 11.5. The number of benzene rings is 1. The molecule has 0 aliphatic rings. The van der Waals surface area contributed by atoms with E-state index in [1.807, 2.05) is 14.0 Å². The van der Waals surface area contributed by atoms with Crippen LogP contribution in [-0.4, -0.2) is 22.2 Å². The number of hydrogen-bond donors (Lipinski definition) is 2. The summed E-state index contributed by atoms with van der Waals surface area (Å²) < 4.78 is 1.66. The van der Waals surface area contributed by atoms with Gasteiger partial charge in [-0.25, -0.2) is 0 Å². The van der Waals surface area contributed by atoms with Gasteiger partial charge in [0.2, 0.25) is 0 Å². The average molecular weight is 268 g/mol. The van der Waals surface area contributed by atoms with E-state index >= 15 is 0 Å². The quantitative estimate of drug-likeness (QED) is 0.806. The Bertz CT molecular complexity index is 674. The van der Waals surface area contributed by atoms with Crippen LogP contribution in [0.5, 0.6) is 0 Å². The highest BCUT2D eigenvalue weighted by molar-refractivity contribution is 6.04. The largest absolute Gasteiger partial charge is 0.320 e. The molecule has 0 atom stereocenters. The van der Waals surface area contributed by atoms with Crippen molar-refractivity contribution in [2.24, 2.45) is 12.8 Å². The van der Waals surface area contributed by atoms with Gasteiger partial charge < -0.3 is 11.1 Å². The number of nitrogens with one attached hydrogen (secondary N) is 1. The van der Waals surface area contributed by atoms with Crippen LogP contribution in [0.25, 0.3) is 0 Å². The van der Waals surface area contributed by atoms with Crippen molar-refractivity contribution < 1.29 is 4.79 Å². The highest BCUT2D eigenvalue weighted by Crippen LogP contribution is 2.13. The average Bonchev–Trinajstić information content (AvgIpc) is 2.75. The van der Waals surface area contributed by atoms with Crippen LogP contribution in [0.4, 0.5) is 5.69 Å². The normalized spacial score (nSPS) is 9.75. The van der Waals surface area contributed by atoms with Crippen molar-refractivity contribution in [3.63, 3.8) is 0 Å². The lowest BCUT2D eigenvalue weighted by atomic mass is 10.1. The molecule has 1 aromatic carbocycles. The van der Waals surface area contributed by atoms with Crippen molar-refractivity contribution in [3.8, 4) is 11.8 Å². The topological polar surface area (TPSA) is 72.9 Å². The summed E-state index contributed by atoms with van der Waals surface area (Å²) in [6.45, 7) is 2.17. The molecule has 20 heavy (non-hydrogen) atoms. The Labute approximate surface area is 117 Å². The second-order valence-electron chi connectivity index (χ2n) is 4.34. The molecule has 2 aromatic rings. The van der Waals surface area contributed by atoms with Gasteiger partial charge >= 0.3 is 0 Å². The molecule has 0 spiro atoms. The summed E-state index contributed by atoms with van der Waals surface area (Å²) in [5.41, 5.74) is 8.22. The first-order valence-electron chi connectivity index (χ1n) is 6.20. The fraction of sp³-hybridized carbons (Fsp3) is 0.200. The number of amides is 1. The van der Waals surface area contributed by atoms with Crippen molar-refractivity contribution in [1.82, 2.24) is 9.78 Å². The summed E-state index contributed by atoms with van der Waals surface area (Å²) in [6.07, 6.45) is 1.77. The lowest BCUT2D eigenvalue weighted by Gasteiger charge is -2.03. The van der Waals surface area contributed by atoms with E-state index in [0.29, 0.717) is 17.8 Å². The summed E-state index contributed by atoms with van der Waals surface area (Å²) in [5.74, 6) is 5.51. The molecule has 102 valence electrons. The van der Waals surface area contributed by atoms with E-state index in [1.54, 1.807) is 35.1 Å². The summed E-state index contributed by atoms with van der Waals surface area (Å²) in [4.78, 5) is 12.1. The van der Waals surface area contributed by atoms with E-state index < -0.39 is 0 Å². The molecule has 0 aliphatic heterocycles. The minimum absolute atomic E-state index is 0.167.